The van der Waals surface area contributed by atoms with Crippen molar-refractivity contribution in [3.8, 4) is 22.3 Å². The van der Waals surface area contributed by atoms with Gasteiger partial charge in [0.2, 0.25) is 6.71 Å². The third kappa shape index (κ3) is 5.41. The highest BCUT2D eigenvalue weighted by Gasteiger charge is 2.83. The van der Waals surface area contributed by atoms with Crippen molar-refractivity contribution in [1.82, 2.24) is 0 Å². The maximum Gasteiger partial charge on any atom is 0.242 e. The average Bonchev–Trinajstić information content (AvgIpc) is 3.70. The van der Waals surface area contributed by atoms with Crippen molar-refractivity contribution in [2.75, 3.05) is 0 Å². The second kappa shape index (κ2) is 14.0. The lowest BCUT2D eigenvalue weighted by molar-refractivity contribution is 0.0415. The summed E-state index contributed by atoms with van der Waals surface area (Å²) in [5.41, 5.74) is 22.5. The predicted octanol–water partition coefficient (Wildman–Crippen LogP) is 12.6. The maximum atomic E-state index is 15.3. The topological polar surface area (TPSA) is 30.2 Å². The molecule has 5 unspecified atom stereocenters. The van der Waals surface area contributed by atoms with Gasteiger partial charge in [0.25, 0.3) is 0 Å². The summed E-state index contributed by atoms with van der Waals surface area (Å²) in [6.07, 6.45) is 6.51. The van der Waals surface area contributed by atoms with Gasteiger partial charge in [0.1, 0.15) is 11.2 Å². The minimum atomic E-state index is -2.95. The molecule has 4 saturated carbocycles. The molecule has 0 saturated heterocycles. The van der Waals surface area contributed by atoms with Gasteiger partial charge in [0.15, 0.2) is 7.14 Å². The monoisotopic (exact) mass is 898 g/mol. The lowest BCUT2D eigenvalue weighted by Crippen LogP contribution is -2.55. The summed E-state index contributed by atoms with van der Waals surface area (Å²) in [6.45, 7) is 13.6. The highest BCUT2D eigenvalue weighted by molar-refractivity contribution is 7.86. The van der Waals surface area contributed by atoms with E-state index in [0.717, 1.165) is 50.0 Å². The molecule has 8 aromatic carbocycles. The van der Waals surface area contributed by atoms with Gasteiger partial charge in [-0.05, 0) is 148 Å². The molecular formula is C64H56BO2P. The van der Waals surface area contributed by atoms with Crippen LogP contribution in [0.15, 0.2) is 162 Å². The van der Waals surface area contributed by atoms with Crippen LogP contribution in [0.3, 0.4) is 0 Å². The van der Waals surface area contributed by atoms with Crippen LogP contribution in [0.25, 0.3) is 44.2 Å². The summed E-state index contributed by atoms with van der Waals surface area (Å²) >= 11 is 0. The van der Waals surface area contributed by atoms with Crippen LogP contribution in [0.4, 0.5) is 0 Å². The van der Waals surface area contributed by atoms with E-state index in [4.69, 9.17) is 4.42 Å². The minimum absolute atomic E-state index is 0.102. The van der Waals surface area contributed by atoms with E-state index >= 15 is 4.57 Å². The van der Waals surface area contributed by atoms with E-state index in [9.17, 15) is 0 Å². The Morgan fingerprint density at radius 1 is 0.529 bits per heavy atom. The highest BCUT2D eigenvalue weighted by atomic mass is 31.2. The average molecular weight is 899 g/mol. The molecule has 68 heavy (non-hydrogen) atoms. The molecule has 1 aliphatic heterocycles. The van der Waals surface area contributed by atoms with E-state index in [0.29, 0.717) is 5.41 Å². The first-order chi connectivity index (χ1) is 32.9. The summed E-state index contributed by atoms with van der Waals surface area (Å²) < 4.78 is 21.9. The lowest BCUT2D eigenvalue weighted by Gasteiger charge is -2.49. The Labute approximate surface area is 401 Å². The van der Waals surface area contributed by atoms with E-state index in [1.807, 2.05) is 12.1 Å². The smallest absolute Gasteiger partial charge is 0.242 e. The molecule has 0 amide bonds. The van der Waals surface area contributed by atoms with Crippen LogP contribution >= 0.6 is 7.14 Å². The fourth-order valence-electron chi connectivity index (χ4n) is 16.0. The number of fused-ring (bicyclic) bond motifs is 7. The number of rotatable bonds is 7. The van der Waals surface area contributed by atoms with Crippen molar-refractivity contribution >= 4 is 68.1 Å². The number of furan rings is 1. The van der Waals surface area contributed by atoms with Crippen LogP contribution in [0.2, 0.25) is 0 Å². The van der Waals surface area contributed by atoms with E-state index in [1.54, 1.807) is 0 Å². The van der Waals surface area contributed by atoms with E-state index in [1.165, 1.54) is 115 Å². The van der Waals surface area contributed by atoms with Gasteiger partial charge in [0, 0.05) is 32.1 Å². The van der Waals surface area contributed by atoms with Gasteiger partial charge in [-0.15, -0.1) is 0 Å². The Kier molecular flexibility index (Phi) is 8.41. The number of aryl methyl sites for hydroxylation is 6. The molecule has 332 valence electrons. The van der Waals surface area contributed by atoms with Gasteiger partial charge in [-0.3, -0.25) is 0 Å². The SMILES string of the molecule is Cc1cc(C)c(B(c2ccc3oc4ccc(-c5ccc(C67CC8(c9ccc(P%10(=O)c%11ccccc%11-c%11ccccc%11%10)cc9)CC9CC6(C7)C9C8)cc5)cc4c3c2)c2c(C)cc(C)cc2C)c(C)c1. The molecule has 9 aromatic rings. The quantitative estimate of drug-likeness (QED) is 0.118. The zero-order valence-electron chi connectivity index (χ0n) is 40.0. The molecule has 0 N–H and O–H groups in total. The van der Waals surface area contributed by atoms with Crippen molar-refractivity contribution in [3.05, 3.63) is 202 Å². The molecule has 4 heteroatoms. The third-order valence-electron chi connectivity index (χ3n) is 18.5. The second-order valence-corrected chi connectivity index (χ2v) is 24.9. The zero-order valence-corrected chi connectivity index (χ0v) is 40.9. The number of hydrogen-bond acceptors (Lipinski definition) is 2. The molecule has 5 aliphatic rings. The Morgan fingerprint density at radius 3 is 1.69 bits per heavy atom. The van der Waals surface area contributed by atoms with Crippen LogP contribution in [0.5, 0.6) is 0 Å². The van der Waals surface area contributed by atoms with Crippen LogP contribution in [0, 0.1) is 58.8 Å². The molecule has 2 heterocycles. The molecule has 5 atom stereocenters. The van der Waals surface area contributed by atoms with E-state index < -0.39 is 7.14 Å². The fourth-order valence-corrected chi connectivity index (χ4v) is 19.0. The van der Waals surface area contributed by atoms with Crippen LogP contribution in [-0.2, 0) is 15.4 Å². The standard InChI is InChI=1S/C64H56BO2P/c1-38-27-40(3)60(41(4)28-38)65(61-42(5)29-39(2)30-43(61)6)49-22-26-57-54(32-49)53-31-45(17-25-56(53)67-57)44-15-18-48(19-16-44)64-36-62(33-46-34-63(64,37-64)55(46)35-62)47-20-23-50(24-21-47)68(66)58-13-9-7-11-51(58)52-12-8-10-14-59(52)68/h7-32,46,55H,33-37H2,1-6H3. The van der Waals surface area contributed by atoms with Gasteiger partial charge in [0.05, 0.1) is 0 Å². The van der Waals surface area contributed by atoms with Gasteiger partial charge in [-0.1, -0.05) is 189 Å². The largest absolute Gasteiger partial charge is 0.456 e. The summed E-state index contributed by atoms with van der Waals surface area (Å²) in [5, 5.41) is 5.27. The highest BCUT2D eigenvalue weighted by Crippen LogP contribution is 2.89. The zero-order chi connectivity index (χ0) is 46.1. The third-order valence-corrected chi connectivity index (χ3v) is 21.7. The normalized spacial score (nSPS) is 24.4. The molecule has 14 rings (SSSR count). The lowest BCUT2D eigenvalue weighted by atomic mass is 9.34. The van der Waals surface area contributed by atoms with Crippen LogP contribution in [0.1, 0.15) is 76.6 Å². The summed E-state index contributed by atoms with van der Waals surface area (Å²) in [5.74, 6) is 1.63. The van der Waals surface area contributed by atoms with Crippen molar-refractivity contribution in [2.24, 2.45) is 17.3 Å². The van der Waals surface area contributed by atoms with Crippen molar-refractivity contribution in [2.45, 2.75) is 84.5 Å². The van der Waals surface area contributed by atoms with Gasteiger partial charge in [-0.2, -0.15) is 0 Å². The van der Waals surface area contributed by atoms with Crippen LogP contribution in [-0.4, -0.2) is 6.71 Å². The molecule has 4 aliphatic carbocycles. The van der Waals surface area contributed by atoms with Crippen molar-refractivity contribution in [1.29, 1.82) is 0 Å². The molecule has 2 bridgehead atoms. The fraction of sp³-hybridized carbons (Fsp3) is 0.250. The molecule has 0 radical (unpaired) electrons. The van der Waals surface area contributed by atoms with Crippen molar-refractivity contribution < 1.29 is 8.98 Å². The minimum Gasteiger partial charge on any atom is -0.456 e. The Bertz CT molecular complexity index is 3540. The Balaban J connectivity index is 0.794. The first-order valence-electron chi connectivity index (χ1n) is 25.0. The van der Waals surface area contributed by atoms with Crippen molar-refractivity contribution in [3.63, 3.8) is 0 Å². The first-order valence-corrected chi connectivity index (χ1v) is 26.7. The van der Waals surface area contributed by atoms with E-state index in [2.05, 4.69) is 187 Å². The summed E-state index contributed by atoms with van der Waals surface area (Å²) in [6, 6.07) is 58.8. The molecular weight excluding hydrogens is 842 g/mol. The van der Waals surface area contributed by atoms with Gasteiger partial charge >= 0.3 is 0 Å². The first kappa shape index (κ1) is 40.9. The maximum absolute atomic E-state index is 15.3. The van der Waals surface area contributed by atoms with Gasteiger partial charge in [-0.25, -0.2) is 0 Å². The molecule has 4 fully saturated rings. The molecule has 1 spiro atoms. The Morgan fingerprint density at radius 2 is 1.07 bits per heavy atom. The van der Waals surface area contributed by atoms with Crippen LogP contribution < -0.4 is 32.3 Å². The number of benzene rings is 8. The molecule has 2 nitrogen and oxygen atoms in total. The molecule has 1 aromatic heterocycles. The van der Waals surface area contributed by atoms with E-state index in [-0.39, 0.29) is 17.5 Å². The Hall–Kier alpha value is -6.15. The van der Waals surface area contributed by atoms with Gasteiger partial charge < -0.3 is 8.98 Å². The summed E-state index contributed by atoms with van der Waals surface area (Å²) in [7, 11) is -2.95. The number of hydrogen-bond donors (Lipinski definition) is 0. The second-order valence-electron chi connectivity index (χ2n) is 22.2. The summed E-state index contributed by atoms with van der Waals surface area (Å²) in [4.78, 5) is 0. The predicted molar refractivity (Wildman–Crippen MR) is 286 cm³/mol.